The molecule has 0 radical (unpaired) electrons. The van der Waals surface area contributed by atoms with E-state index in [0.717, 1.165) is 10.4 Å². The van der Waals surface area contributed by atoms with E-state index in [1.807, 2.05) is 0 Å². The molecular weight excluding hydrogens is 146 g/mol. The van der Waals surface area contributed by atoms with E-state index in [1.165, 1.54) is 32.2 Å². The molecule has 0 aliphatic heterocycles. The first-order valence-corrected chi connectivity index (χ1v) is 5.30. The fourth-order valence-corrected chi connectivity index (χ4v) is 1.69. The minimum absolute atomic E-state index is 0.935. The molecule has 0 fully saturated rings. The second-order valence-electron chi connectivity index (χ2n) is 4.89. The van der Waals surface area contributed by atoms with Crippen LogP contribution in [0.1, 0.15) is 39.5 Å². The Labute approximate surface area is 78.4 Å². The van der Waals surface area contributed by atoms with Crippen LogP contribution in [-0.2, 0) is 0 Å². The molecule has 0 aliphatic rings. The van der Waals surface area contributed by atoms with Gasteiger partial charge in [0.15, 0.2) is 0 Å². The number of rotatable bonds is 6. The maximum Gasteiger partial charge on any atom is 0.0808 e. The summed E-state index contributed by atoms with van der Waals surface area (Å²) in [5, 5.41) is 0. The van der Waals surface area contributed by atoms with E-state index in [1.54, 1.807) is 0 Å². The fraction of sp³-hybridized carbons (Fsp3) is 1.00. The van der Waals surface area contributed by atoms with Crippen LogP contribution in [0.2, 0.25) is 0 Å². The lowest BCUT2D eigenvalue weighted by molar-refractivity contribution is -0.874. The molecule has 0 aromatic carbocycles. The van der Waals surface area contributed by atoms with Gasteiger partial charge < -0.3 is 4.48 Å². The molecule has 0 N–H and O–H groups in total. The van der Waals surface area contributed by atoms with Crippen LogP contribution in [0.25, 0.3) is 0 Å². The van der Waals surface area contributed by atoms with Crippen LogP contribution in [0.5, 0.6) is 0 Å². The lowest BCUT2D eigenvalue weighted by Gasteiger charge is -2.28. The summed E-state index contributed by atoms with van der Waals surface area (Å²) in [7, 11) is 6.86. The Morgan fingerprint density at radius 3 is 2.00 bits per heavy atom. The van der Waals surface area contributed by atoms with Gasteiger partial charge in [0.2, 0.25) is 0 Å². The summed E-state index contributed by atoms with van der Waals surface area (Å²) in [6.07, 6.45) is 5.50. The van der Waals surface area contributed by atoms with Crippen molar-refractivity contribution in [2.75, 3.05) is 27.7 Å². The molecule has 0 aromatic rings. The highest BCUT2D eigenvalue weighted by atomic mass is 15.3. The van der Waals surface area contributed by atoms with Crippen molar-refractivity contribution in [1.29, 1.82) is 0 Å². The van der Waals surface area contributed by atoms with Crippen molar-refractivity contribution in [3.8, 4) is 0 Å². The average molecular weight is 172 g/mol. The number of nitrogens with zero attached hydrogens (tertiary/aromatic N) is 1. The van der Waals surface area contributed by atoms with Crippen molar-refractivity contribution in [3.05, 3.63) is 0 Å². The van der Waals surface area contributed by atoms with Gasteiger partial charge >= 0.3 is 0 Å². The molecule has 0 bridgehead atoms. The molecule has 0 spiro atoms. The average Bonchev–Trinajstić information content (AvgIpc) is 1.95. The minimum atomic E-state index is 0.935. The Kier molecular flexibility index (Phi) is 5.56. The molecule has 1 heteroatoms. The third-order valence-corrected chi connectivity index (χ3v) is 2.35. The van der Waals surface area contributed by atoms with Crippen LogP contribution < -0.4 is 0 Å². The van der Waals surface area contributed by atoms with Gasteiger partial charge in [-0.1, -0.05) is 26.7 Å². The van der Waals surface area contributed by atoms with Gasteiger partial charge in [-0.3, -0.25) is 0 Å². The quantitative estimate of drug-likeness (QED) is 0.540. The fourth-order valence-electron chi connectivity index (χ4n) is 1.69. The summed E-state index contributed by atoms with van der Waals surface area (Å²) >= 11 is 0. The standard InChI is InChI=1S/C11H26N/c1-6-8-9-11(7-2)10-12(3,4)5/h11H,6-10H2,1-5H3/q+1. The summed E-state index contributed by atoms with van der Waals surface area (Å²) in [5.74, 6) is 0.935. The smallest absolute Gasteiger partial charge is 0.0808 e. The zero-order valence-corrected chi connectivity index (χ0v) is 9.56. The Morgan fingerprint density at radius 1 is 1.08 bits per heavy atom. The molecule has 1 atom stereocenters. The molecule has 12 heavy (non-hydrogen) atoms. The van der Waals surface area contributed by atoms with Crippen LogP contribution in [0, 0.1) is 5.92 Å². The van der Waals surface area contributed by atoms with E-state index in [9.17, 15) is 0 Å². The zero-order chi connectivity index (χ0) is 9.61. The lowest BCUT2D eigenvalue weighted by Crippen LogP contribution is -2.39. The van der Waals surface area contributed by atoms with Gasteiger partial charge in [0.1, 0.15) is 0 Å². The monoisotopic (exact) mass is 172 g/mol. The summed E-state index contributed by atoms with van der Waals surface area (Å²) in [6.45, 7) is 5.92. The number of hydrogen-bond donors (Lipinski definition) is 0. The minimum Gasteiger partial charge on any atom is -0.331 e. The second kappa shape index (κ2) is 5.58. The molecule has 0 aromatic heterocycles. The molecule has 0 aliphatic carbocycles. The van der Waals surface area contributed by atoms with Gasteiger partial charge in [-0.05, 0) is 12.8 Å². The van der Waals surface area contributed by atoms with Crippen LogP contribution in [0.4, 0.5) is 0 Å². The number of quaternary nitrogens is 1. The van der Waals surface area contributed by atoms with Crippen molar-refractivity contribution in [1.82, 2.24) is 0 Å². The van der Waals surface area contributed by atoms with Crippen molar-refractivity contribution >= 4 is 0 Å². The van der Waals surface area contributed by atoms with E-state index in [0.29, 0.717) is 0 Å². The predicted octanol–water partition coefficient (Wildman–Crippen LogP) is 2.91. The van der Waals surface area contributed by atoms with E-state index in [2.05, 4.69) is 35.0 Å². The van der Waals surface area contributed by atoms with E-state index >= 15 is 0 Å². The maximum absolute atomic E-state index is 2.32. The molecule has 1 unspecified atom stereocenters. The molecule has 0 saturated heterocycles. The largest absolute Gasteiger partial charge is 0.331 e. The van der Waals surface area contributed by atoms with Crippen LogP contribution in [0.3, 0.4) is 0 Å². The highest BCUT2D eigenvalue weighted by Crippen LogP contribution is 2.15. The van der Waals surface area contributed by atoms with Gasteiger partial charge in [-0.15, -0.1) is 0 Å². The van der Waals surface area contributed by atoms with E-state index < -0.39 is 0 Å². The van der Waals surface area contributed by atoms with Crippen molar-refractivity contribution in [2.24, 2.45) is 5.92 Å². The summed E-state index contributed by atoms with van der Waals surface area (Å²) in [6, 6.07) is 0. The van der Waals surface area contributed by atoms with Crippen LogP contribution in [0.15, 0.2) is 0 Å². The summed E-state index contributed by atoms with van der Waals surface area (Å²) < 4.78 is 1.11. The molecule has 74 valence electrons. The molecule has 0 amide bonds. The van der Waals surface area contributed by atoms with Crippen molar-refractivity contribution in [3.63, 3.8) is 0 Å². The van der Waals surface area contributed by atoms with Gasteiger partial charge in [0, 0.05) is 5.92 Å². The Morgan fingerprint density at radius 2 is 1.67 bits per heavy atom. The second-order valence-corrected chi connectivity index (χ2v) is 4.89. The highest BCUT2D eigenvalue weighted by Gasteiger charge is 2.15. The molecular formula is C11H26N+. The number of hydrogen-bond acceptors (Lipinski definition) is 0. The Balaban J connectivity index is 3.67. The number of unbranched alkanes of at least 4 members (excludes halogenated alkanes) is 1. The van der Waals surface area contributed by atoms with Gasteiger partial charge in [-0.25, -0.2) is 0 Å². The first-order chi connectivity index (χ1) is 5.49. The molecule has 0 saturated carbocycles. The van der Waals surface area contributed by atoms with E-state index in [-0.39, 0.29) is 0 Å². The van der Waals surface area contributed by atoms with Crippen LogP contribution >= 0.6 is 0 Å². The van der Waals surface area contributed by atoms with Gasteiger partial charge in [0.25, 0.3) is 0 Å². The van der Waals surface area contributed by atoms with Gasteiger partial charge in [0.05, 0.1) is 27.7 Å². The SMILES string of the molecule is CCCCC(CC)C[N+](C)(C)C. The van der Waals surface area contributed by atoms with Crippen LogP contribution in [-0.4, -0.2) is 32.2 Å². The summed E-state index contributed by atoms with van der Waals surface area (Å²) in [5.41, 5.74) is 0. The van der Waals surface area contributed by atoms with E-state index in [4.69, 9.17) is 0 Å². The lowest BCUT2D eigenvalue weighted by atomic mass is 9.98. The predicted molar refractivity (Wildman–Crippen MR) is 56.2 cm³/mol. The first-order valence-electron chi connectivity index (χ1n) is 5.30. The third kappa shape index (κ3) is 6.66. The Hall–Kier alpha value is -0.0400. The molecule has 0 rings (SSSR count). The molecule has 1 nitrogen and oxygen atoms in total. The van der Waals surface area contributed by atoms with Crippen molar-refractivity contribution in [2.45, 2.75) is 39.5 Å². The highest BCUT2D eigenvalue weighted by molar-refractivity contribution is 4.55. The maximum atomic E-state index is 2.32. The zero-order valence-electron chi connectivity index (χ0n) is 9.56. The Bertz CT molecular complexity index is 102. The topological polar surface area (TPSA) is 0 Å². The third-order valence-electron chi connectivity index (χ3n) is 2.35. The first kappa shape index (κ1) is 12.0. The summed E-state index contributed by atoms with van der Waals surface area (Å²) in [4.78, 5) is 0. The van der Waals surface area contributed by atoms with Crippen molar-refractivity contribution < 1.29 is 4.48 Å². The normalized spacial score (nSPS) is 14.8. The van der Waals surface area contributed by atoms with Gasteiger partial charge in [-0.2, -0.15) is 0 Å². The molecule has 0 heterocycles.